The zero-order valence-corrected chi connectivity index (χ0v) is 16.9. The number of rotatable bonds is 3. The molecule has 1 aliphatic rings. The van der Waals surface area contributed by atoms with Gasteiger partial charge in [-0.05, 0) is 37.6 Å². The Balaban J connectivity index is 1.37. The summed E-state index contributed by atoms with van der Waals surface area (Å²) in [6.45, 7) is 3.90. The van der Waals surface area contributed by atoms with Crippen LogP contribution >= 0.6 is 0 Å². The Morgan fingerprint density at radius 2 is 1.94 bits per heavy atom. The molecule has 8 nitrogen and oxygen atoms in total. The van der Waals surface area contributed by atoms with Gasteiger partial charge >= 0.3 is 12.2 Å². The van der Waals surface area contributed by atoms with Crippen molar-refractivity contribution < 1.29 is 18.0 Å². The van der Waals surface area contributed by atoms with Crippen LogP contribution in [0.1, 0.15) is 30.8 Å². The number of alkyl halides is 3. The van der Waals surface area contributed by atoms with Crippen LogP contribution in [0.5, 0.6) is 0 Å². The first kappa shape index (κ1) is 20.9. The number of anilines is 1. The third-order valence-corrected chi connectivity index (χ3v) is 5.25. The van der Waals surface area contributed by atoms with E-state index in [0.717, 1.165) is 12.3 Å². The van der Waals surface area contributed by atoms with Crippen molar-refractivity contribution in [3.8, 4) is 0 Å². The van der Waals surface area contributed by atoms with Crippen LogP contribution in [-0.2, 0) is 6.18 Å². The van der Waals surface area contributed by atoms with E-state index in [0.29, 0.717) is 49.9 Å². The lowest BCUT2D eigenvalue weighted by Gasteiger charge is -2.24. The summed E-state index contributed by atoms with van der Waals surface area (Å²) in [5.74, 6) is 1.10. The molecule has 2 amide bonds. The van der Waals surface area contributed by atoms with Crippen LogP contribution < -0.4 is 10.2 Å². The molecule has 164 valence electrons. The molecule has 0 saturated carbocycles. The Morgan fingerprint density at radius 3 is 2.68 bits per heavy atom. The number of fused-ring (bicyclic) bond motifs is 1. The van der Waals surface area contributed by atoms with Crippen molar-refractivity contribution in [2.75, 3.05) is 31.1 Å². The smallest absolute Gasteiger partial charge is 0.355 e. The van der Waals surface area contributed by atoms with Gasteiger partial charge < -0.3 is 15.1 Å². The van der Waals surface area contributed by atoms with Gasteiger partial charge in [-0.2, -0.15) is 13.2 Å². The number of carbonyl (C=O) groups excluding carboxylic acids is 1. The maximum atomic E-state index is 12.8. The standard InChI is InChI=1S/C20H22F3N7O/c1-14(18-27-26-17-5-2-3-10-30(17)18)25-19(31)29-9-4-8-28(11-12-29)16-7-6-15(13-24-16)20(21,22)23/h2-3,5-7,10,13-14H,4,8-9,11-12H2,1H3,(H,25,31). The Labute approximate surface area is 176 Å². The molecule has 1 unspecified atom stereocenters. The summed E-state index contributed by atoms with van der Waals surface area (Å²) < 4.78 is 40.1. The lowest BCUT2D eigenvalue weighted by Crippen LogP contribution is -2.43. The van der Waals surface area contributed by atoms with Crippen molar-refractivity contribution in [2.24, 2.45) is 0 Å². The van der Waals surface area contributed by atoms with Gasteiger partial charge in [0, 0.05) is 38.6 Å². The monoisotopic (exact) mass is 433 g/mol. The number of halogens is 3. The van der Waals surface area contributed by atoms with E-state index in [4.69, 9.17) is 0 Å². The SMILES string of the molecule is CC(NC(=O)N1CCCN(c2ccc(C(F)(F)F)cn2)CC1)c1nnc2ccccn12. The van der Waals surface area contributed by atoms with Gasteiger partial charge in [0.2, 0.25) is 0 Å². The van der Waals surface area contributed by atoms with Crippen LogP contribution in [0.2, 0.25) is 0 Å². The highest BCUT2D eigenvalue weighted by molar-refractivity contribution is 5.74. The minimum absolute atomic E-state index is 0.220. The highest BCUT2D eigenvalue weighted by atomic mass is 19.4. The van der Waals surface area contributed by atoms with E-state index in [-0.39, 0.29) is 12.1 Å². The molecule has 1 saturated heterocycles. The van der Waals surface area contributed by atoms with Crippen LogP contribution in [0, 0.1) is 0 Å². The highest BCUT2D eigenvalue weighted by Gasteiger charge is 2.31. The molecule has 0 aromatic carbocycles. The average Bonchev–Trinajstić information content (AvgIpc) is 3.02. The van der Waals surface area contributed by atoms with Gasteiger partial charge in [-0.25, -0.2) is 9.78 Å². The molecule has 0 aliphatic carbocycles. The number of hydrogen-bond donors (Lipinski definition) is 1. The van der Waals surface area contributed by atoms with Crippen molar-refractivity contribution in [1.82, 2.24) is 29.8 Å². The molecule has 4 heterocycles. The van der Waals surface area contributed by atoms with Crippen molar-refractivity contribution in [3.05, 3.63) is 54.1 Å². The summed E-state index contributed by atoms with van der Waals surface area (Å²) in [5.41, 5.74) is -0.0740. The summed E-state index contributed by atoms with van der Waals surface area (Å²) in [6.07, 6.45) is -1.05. The molecule has 1 fully saturated rings. The third kappa shape index (κ3) is 4.54. The number of amides is 2. The molecule has 31 heavy (non-hydrogen) atoms. The third-order valence-electron chi connectivity index (χ3n) is 5.25. The van der Waals surface area contributed by atoms with E-state index in [1.807, 2.05) is 40.6 Å². The Bertz CT molecular complexity index is 1050. The summed E-state index contributed by atoms with van der Waals surface area (Å²) in [5, 5.41) is 11.2. The van der Waals surface area contributed by atoms with Crippen LogP contribution in [0.15, 0.2) is 42.7 Å². The van der Waals surface area contributed by atoms with E-state index in [1.165, 1.54) is 6.07 Å². The second-order valence-electron chi connectivity index (χ2n) is 7.39. The number of pyridine rings is 2. The van der Waals surface area contributed by atoms with Gasteiger partial charge in [-0.1, -0.05) is 6.07 Å². The highest BCUT2D eigenvalue weighted by Crippen LogP contribution is 2.29. The Hall–Kier alpha value is -3.37. The predicted octanol–water partition coefficient (Wildman–Crippen LogP) is 3.13. The van der Waals surface area contributed by atoms with E-state index < -0.39 is 11.7 Å². The lowest BCUT2D eigenvalue weighted by atomic mass is 10.2. The number of nitrogens with one attached hydrogen (secondary N) is 1. The quantitative estimate of drug-likeness (QED) is 0.687. The second kappa shape index (κ2) is 8.40. The first-order valence-corrected chi connectivity index (χ1v) is 9.96. The number of hydrogen-bond acceptors (Lipinski definition) is 5. The van der Waals surface area contributed by atoms with Crippen molar-refractivity contribution in [2.45, 2.75) is 25.6 Å². The molecular weight excluding hydrogens is 411 g/mol. The molecular formula is C20H22F3N7O. The Kier molecular flexibility index (Phi) is 5.66. The van der Waals surface area contributed by atoms with E-state index in [1.54, 1.807) is 4.90 Å². The largest absolute Gasteiger partial charge is 0.417 e. The van der Waals surface area contributed by atoms with Gasteiger partial charge in [0.1, 0.15) is 5.82 Å². The van der Waals surface area contributed by atoms with E-state index in [9.17, 15) is 18.0 Å². The van der Waals surface area contributed by atoms with Gasteiger partial charge in [-0.3, -0.25) is 4.40 Å². The van der Waals surface area contributed by atoms with Crippen molar-refractivity contribution >= 4 is 17.5 Å². The predicted molar refractivity (Wildman–Crippen MR) is 108 cm³/mol. The van der Waals surface area contributed by atoms with Crippen LogP contribution in [0.3, 0.4) is 0 Å². The summed E-state index contributed by atoms with van der Waals surface area (Å²) in [7, 11) is 0. The zero-order chi connectivity index (χ0) is 22.0. The van der Waals surface area contributed by atoms with Gasteiger partial charge in [0.25, 0.3) is 0 Å². The first-order chi connectivity index (χ1) is 14.8. The number of carbonyl (C=O) groups is 1. The molecule has 1 atom stereocenters. The second-order valence-corrected chi connectivity index (χ2v) is 7.39. The van der Waals surface area contributed by atoms with E-state index >= 15 is 0 Å². The molecule has 0 bridgehead atoms. The molecule has 4 rings (SSSR count). The van der Waals surface area contributed by atoms with E-state index in [2.05, 4.69) is 20.5 Å². The minimum atomic E-state index is -4.41. The molecule has 1 aliphatic heterocycles. The number of nitrogens with zero attached hydrogens (tertiary/aromatic N) is 6. The topological polar surface area (TPSA) is 78.7 Å². The summed E-state index contributed by atoms with van der Waals surface area (Å²) in [4.78, 5) is 20.3. The number of urea groups is 1. The first-order valence-electron chi connectivity index (χ1n) is 9.96. The molecule has 0 spiro atoms. The fourth-order valence-electron chi connectivity index (χ4n) is 3.59. The summed E-state index contributed by atoms with van der Waals surface area (Å²) >= 11 is 0. The maximum absolute atomic E-state index is 12.8. The molecule has 1 N–H and O–H groups in total. The molecule has 3 aromatic rings. The molecule has 0 radical (unpaired) electrons. The molecule has 11 heteroatoms. The lowest BCUT2D eigenvalue weighted by molar-refractivity contribution is -0.137. The Morgan fingerprint density at radius 1 is 1.10 bits per heavy atom. The van der Waals surface area contributed by atoms with Crippen LogP contribution in [0.25, 0.3) is 5.65 Å². The fourth-order valence-corrected chi connectivity index (χ4v) is 3.59. The maximum Gasteiger partial charge on any atom is 0.417 e. The average molecular weight is 433 g/mol. The van der Waals surface area contributed by atoms with Crippen LogP contribution in [0.4, 0.5) is 23.8 Å². The van der Waals surface area contributed by atoms with Crippen molar-refractivity contribution in [1.29, 1.82) is 0 Å². The fraction of sp³-hybridized carbons (Fsp3) is 0.400. The zero-order valence-electron chi connectivity index (χ0n) is 16.9. The normalized spacial score (nSPS) is 16.3. The van der Waals surface area contributed by atoms with Gasteiger partial charge in [0.15, 0.2) is 11.5 Å². The summed E-state index contributed by atoms with van der Waals surface area (Å²) in [6, 6.07) is 7.41. The van der Waals surface area contributed by atoms with Crippen molar-refractivity contribution in [3.63, 3.8) is 0 Å². The van der Waals surface area contributed by atoms with Crippen LogP contribution in [-0.4, -0.2) is 56.7 Å². The minimum Gasteiger partial charge on any atom is -0.355 e. The van der Waals surface area contributed by atoms with Gasteiger partial charge in [-0.15, -0.1) is 10.2 Å². The number of aromatic nitrogens is 4. The molecule has 3 aromatic heterocycles. The van der Waals surface area contributed by atoms with Gasteiger partial charge in [0.05, 0.1) is 11.6 Å².